The average molecular weight is 214 g/mol. The Morgan fingerprint density at radius 2 is 2.27 bits per heavy atom. The summed E-state index contributed by atoms with van der Waals surface area (Å²) >= 11 is 0. The van der Waals surface area contributed by atoms with Gasteiger partial charge in [0.05, 0.1) is 12.7 Å². The number of esters is 1. The highest BCUT2D eigenvalue weighted by atomic mass is 16.5. The molecule has 4 nitrogen and oxygen atoms in total. The normalized spacial score (nSPS) is 25.7. The van der Waals surface area contributed by atoms with Crippen molar-refractivity contribution < 1.29 is 19.1 Å². The van der Waals surface area contributed by atoms with Crippen molar-refractivity contribution in [1.29, 1.82) is 0 Å². The van der Waals surface area contributed by atoms with E-state index in [2.05, 4.69) is 0 Å². The molecule has 0 aromatic heterocycles. The number of cyclic esters (lactones) is 1. The van der Waals surface area contributed by atoms with Crippen LogP contribution in [0.4, 0.5) is 0 Å². The highest BCUT2D eigenvalue weighted by Gasteiger charge is 2.48. The third-order valence-electron chi connectivity index (χ3n) is 2.81. The fourth-order valence-electron chi connectivity index (χ4n) is 1.75. The summed E-state index contributed by atoms with van der Waals surface area (Å²) in [6.07, 6.45) is 1.04. The Hall–Kier alpha value is -0.900. The van der Waals surface area contributed by atoms with Gasteiger partial charge in [-0.25, -0.2) is 0 Å². The van der Waals surface area contributed by atoms with E-state index in [4.69, 9.17) is 9.47 Å². The summed E-state index contributed by atoms with van der Waals surface area (Å²) in [4.78, 5) is 23.0. The van der Waals surface area contributed by atoms with Crippen LogP contribution in [-0.4, -0.2) is 31.1 Å². The minimum absolute atomic E-state index is 0.114. The Labute approximate surface area is 89.9 Å². The van der Waals surface area contributed by atoms with Crippen LogP contribution in [0.3, 0.4) is 0 Å². The van der Waals surface area contributed by atoms with Crippen molar-refractivity contribution in [2.24, 2.45) is 5.41 Å². The lowest BCUT2D eigenvalue weighted by Crippen LogP contribution is -2.35. The third-order valence-corrected chi connectivity index (χ3v) is 2.81. The minimum atomic E-state index is -0.936. The molecule has 0 aliphatic carbocycles. The number of hydrogen-bond donors (Lipinski definition) is 0. The van der Waals surface area contributed by atoms with Gasteiger partial charge in [0.1, 0.15) is 11.2 Å². The second-order valence-corrected chi connectivity index (χ2v) is 4.19. The predicted octanol–water partition coefficient (Wildman–Crippen LogP) is 1.32. The Bertz CT molecular complexity index is 259. The quantitative estimate of drug-likeness (QED) is 0.511. The first kappa shape index (κ1) is 12.2. The highest BCUT2D eigenvalue weighted by Crippen LogP contribution is 2.34. The highest BCUT2D eigenvalue weighted by molar-refractivity contribution is 6.03. The number of carbonyl (C=O) groups excluding carboxylic acids is 2. The Balaban J connectivity index is 2.59. The maximum atomic E-state index is 11.5. The fraction of sp³-hybridized carbons (Fsp3) is 0.818. The van der Waals surface area contributed by atoms with E-state index in [1.54, 1.807) is 0 Å². The Morgan fingerprint density at radius 3 is 2.67 bits per heavy atom. The van der Waals surface area contributed by atoms with Gasteiger partial charge in [-0.2, -0.15) is 0 Å². The van der Waals surface area contributed by atoms with Crippen LogP contribution >= 0.6 is 0 Å². The number of hydrogen-bond acceptors (Lipinski definition) is 4. The maximum absolute atomic E-state index is 11.5. The zero-order chi connectivity index (χ0) is 11.5. The van der Waals surface area contributed by atoms with Gasteiger partial charge in [0, 0.05) is 13.0 Å². The van der Waals surface area contributed by atoms with Crippen LogP contribution in [0.2, 0.25) is 0 Å². The first-order chi connectivity index (χ1) is 6.99. The van der Waals surface area contributed by atoms with Crippen LogP contribution in [0.1, 0.15) is 33.6 Å². The smallest absolute Gasteiger partial charge is 0.319 e. The van der Waals surface area contributed by atoms with Gasteiger partial charge in [0.15, 0.2) is 0 Å². The zero-order valence-electron chi connectivity index (χ0n) is 9.54. The number of ketones is 1. The number of Topliss-reactive ketones (excluding diaryl/α,β-unsaturated/α-hetero) is 1. The molecule has 0 aromatic rings. The maximum Gasteiger partial charge on any atom is 0.319 e. The molecule has 1 atom stereocenters. The molecule has 0 spiro atoms. The zero-order valence-corrected chi connectivity index (χ0v) is 9.54. The van der Waals surface area contributed by atoms with Gasteiger partial charge in [-0.3, -0.25) is 9.59 Å². The largest absolute Gasteiger partial charge is 0.465 e. The van der Waals surface area contributed by atoms with E-state index in [1.807, 2.05) is 13.8 Å². The van der Waals surface area contributed by atoms with Crippen molar-refractivity contribution in [2.75, 3.05) is 13.2 Å². The molecule has 1 saturated heterocycles. The molecule has 0 radical (unpaired) electrons. The molecule has 86 valence electrons. The molecule has 1 rings (SSSR count). The number of rotatable bonds is 5. The molecular weight excluding hydrogens is 196 g/mol. The van der Waals surface area contributed by atoms with Crippen molar-refractivity contribution in [1.82, 2.24) is 0 Å². The molecule has 0 aromatic carbocycles. The molecule has 0 saturated carbocycles. The van der Waals surface area contributed by atoms with Crippen molar-refractivity contribution in [2.45, 2.75) is 39.7 Å². The number of ether oxygens (including phenoxy) is 2. The molecule has 15 heavy (non-hydrogen) atoms. The summed E-state index contributed by atoms with van der Waals surface area (Å²) in [5.74, 6) is -0.500. The molecule has 4 heteroatoms. The van der Waals surface area contributed by atoms with E-state index in [0.29, 0.717) is 26.1 Å². The van der Waals surface area contributed by atoms with Crippen molar-refractivity contribution in [3.05, 3.63) is 0 Å². The number of carbonyl (C=O) groups is 2. The average Bonchev–Trinajstić information content (AvgIpc) is 2.48. The summed E-state index contributed by atoms with van der Waals surface area (Å²) < 4.78 is 10.2. The second-order valence-electron chi connectivity index (χ2n) is 4.19. The molecule has 0 bridgehead atoms. The summed E-state index contributed by atoms with van der Waals surface area (Å²) in [6, 6.07) is 0. The van der Waals surface area contributed by atoms with Gasteiger partial charge in [-0.05, 0) is 27.2 Å². The molecule has 0 N–H and O–H groups in total. The first-order valence-corrected chi connectivity index (χ1v) is 5.29. The topological polar surface area (TPSA) is 52.6 Å². The summed E-state index contributed by atoms with van der Waals surface area (Å²) in [5.41, 5.74) is -0.936. The fourth-order valence-corrected chi connectivity index (χ4v) is 1.75. The van der Waals surface area contributed by atoms with Gasteiger partial charge in [-0.1, -0.05) is 0 Å². The van der Waals surface area contributed by atoms with E-state index in [1.165, 1.54) is 6.92 Å². The van der Waals surface area contributed by atoms with Gasteiger partial charge >= 0.3 is 5.97 Å². The second kappa shape index (κ2) is 4.75. The van der Waals surface area contributed by atoms with Gasteiger partial charge < -0.3 is 9.47 Å². The van der Waals surface area contributed by atoms with Crippen molar-refractivity contribution in [3.8, 4) is 0 Å². The van der Waals surface area contributed by atoms with E-state index in [-0.39, 0.29) is 17.9 Å². The van der Waals surface area contributed by atoms with Gasteiger partial charge in [0.25, 0.3) is 0 Å². The summed E-state index contributed by atoms with van der Waals surface area (Å²) in [6.45, 7) is 6.06. The van der Waals surface area contributed by atoms with Crippen LogP contribution < -0.4 is 0 Å². The lowest BCUT2D eigenvalue weighted by molar-refractivity contribution is -0.152. The molecule has 1 aliphatic heterocycles. The predicted molar refractivity (Wildman–Crippen MR) is 54.4 cm³/mol. The van der Waals surface area contributed by atoms with Gasteiger partial charge in [-0.15, -0.1) is 0 Å². The van der Waals surface area contributed by atoms with Gasteiger partial charge in [0.2, 0.25) is 0 Å². The molecule has 1 fully saturated rings. The first-order valence-electron chi connectivity index (χ1n) is 5.29. The van der Waals surface area contributed by atoms with Crippen LogP contribution in [0.5, 0.6) is 0 Å². The third kappa shape index (κ3) is 2.56. The minimum Gasteiger partial charge on any atom is -0.465 e. The van der Waals surface area contributed by atoms with Crippen LogP contribution in [0.15, 0.2) is 0 Å². The monoisotopic (exact) mass is 214 g/mol. The Morgan fingerprint density at radius 1 is 1.60 bits per heavy atom. The molecule has 1 unspecified atom stereocenters. The Kier molecular flexibility index (Phi) is 3.85. The lowest BCUT2D eigenvalue weighted by atomic mass is 9.80. The van der Waals surface area contributed by atoms with Crippen molar-refractivity contribution >= 4 is 11.8 Å². The SMILES string of the molecule is CC(=O)C1(CCOC(C)C)CCOC1=O. The van der Waals surface area contributed by atoms with Crippen molar-refractivity contribution in [3.63, 3.8) is 0 Å². The van der Waals surface area contributed by atoms with E-state index >= 15 is 0 Å². The van der Waals surface area contributed by atoms with Crippen LogP contribution in [0, 0.1) is 5.41 Å². The van der Waals surface area contributed by atoms with Crippen LogP contribution in [0.25, 0.3) is 0 Å². The summed E-state index contributed by atoms with van der Waals surface area (Å²) in [5, 5.41) is 0. The lowest BCUT2D eigenvalue weighted by Gasteiger charge is -2.21. The van der Waals surface area contributed by atoms with E-state index in [0.717, 1.165) is 0 Å². The molecule has 1 aliphatic rings. The molecule has 0 amide bonds. The molecular formula is C11H18O4. The van der Waals surface area contributed by atoms with Crippen LogP contribution in [-0.2, 0) is 19.1 Å². The standard InChI is InChI=1S/C11H18O4/c1-8(2)14-6-4-11(9(3)12)5-7-15-10(11)13/h8H,4-7H2,1-3H3. The summed E-state index contributed by atoms with van der Waals surface area (Å²) in [7, 11) is 0. The molecule has 1 heterocycles. The van der Waals surface area contributed by atoms with E-state index in [9.17, 15) is 9.59 Å². The van der Waals surface area contributed by atoms with E-state index < -0.39 is 5.41 Å².